The number of rotatable bonds is 3. The molecule has 0 unspecified atom stereocenters. The maximum atomic E-state index is 13.6. The van der Waals surface area contributed by atoms with Gasteiger partial charge in [0.15, 0.2) is 5.71 Å². The van der Waals surface area contributed by atoms with Crippen LogP contribution >= 0.6 is 15.9 Å². The fourth-order valence-corrected chi connectivity index (χ4v) is 1.46. The zero-order chi connectivity index (χ0) is 12.1. The summed E-state index contributed by atoms with van der Waals surface area (Å²) in [6.45, 7) is 1.72. The zero-order valence-corrected chi connectivity index (χ0v) is 9.99. The van der Waals surface area contributed by atoms with E-state index in [1.807, 2.05) is 0 Å². The molecular weight excluding hydrogens is 281 g/mol. The quantitative estimate of drug-likeness (QED) is 0.402. The summed E-state index contributed by atoms with van der Waals surface area (Å²) >= 11 is 2.97. The first-order valence-electron chi connectivity index (χ1n) is 4.45. The first kappa shape index (κ1) is 12.6. The molecule has 0 radical (unpaired) electrons. The highest BCUT2D eigenvalue weighted by atomic mass is 79.9. The van der Waals surface area contributed by atoms with Gasteiger partial charge in [0, 0.05) is 5.56 Å². The first-order chi connectivity index (χ1) is 7.61. The molecule has 0 aliphatic heterocycles. The molecule has 0 saturated heterocycles. The Morgan fingerprint density at radius 1 is 1.62 bits per heavy atom. The van der Waals surface area contributed by atoms with Gasteiger partial charge in [0.2, 0.25) is 0 Å². The van der Waals surface area contributed by atoms with Gasteiger partial charge in [0.1, 0.15) is 5.82 Å². The van der Waals surface area contributed by atoms with E-state index >= 15 is 0 Å². The van der Waals surface area contributed by atoms with Crippen molar-refractivity contribution < 1.29 is 19.1 Å². The monoisotopic (exact) mass is 289 g/mol. The molecule has 0 aliphatic carbocycles. The lowest BCUT2D eigenvalue weighted by Gasteiger charge is -2.06. The molecule has 1 aromatic rings. The predicted molar refractivity (Wildman–Crippen MR) is 59.1 cm³/mol. The summed E-state index contributed by atoms with van der Waals surface area (Å²) in [7, 11) is 0. The fourth-order valence-electron chi connectivity index (χ4n) is 1.09. The lowest BCUT2D eigenvalue weighted by molar-refractivity contribution is -0.135. The summed E-state index contributed by atoms with van der Waals surface area (Å²) in [5, 5.41) is 11.5. The van der Waals surface area contributed by atoms with Crippen molar-refractivity contribution in [1.29, 1.82) is 0 Å². The summed E-state index contributed by atoms with van der Waals surface area (Å²) in [4.78, 5) is 11.3. The molecule has 1 N–H and O–H groups in total. The normalized spacial score (nSPS) is 11.3. The smallest absolute Gasteiger partial charge is 0.361 e. The van der Waals surface area contributed by atoms with Crippen molar-refractivity contribution in [3.8, 4) is 0 Å². The molecule has 0 atom stereocenters. The summed E-state index contributed by atoms with van der Waals surface area (Å²) in [6.07, 6.45) is 0. The second kappa shape index (κ2) is 5.60. The number of esters is 1. The Balaban J connectivity index is 3.15. The minimum absolute atomic E-state index is 0.115. The van der Waals surface area contributed by atoms with Gasteiger partial charge < -0.3 is 9.94 Å². The highest BCUT2D eigenvalue weighted by Gasteiger charge is 2.20. The topological polar surface area (TPSA) is 58.9 Å². The number of hydrogen-bond acceptors (Lipinski definition) is 4. The van der Waals surface area contributed by atoms with Gasteiger partial charge in [0.05, 0.1) is 11.1 Å². The SMILES string of the molecule is CCOC(=O)/C(=N\O)c1cccc(Br)c1F. The van der Waals surface area contributed by atoms with Crippen molar-refractivity contribution in [3.05, 3.63) is 34.1 Å². The number of benzene rings is 1. The van der Waals surface area contributed by atoms with Gasteiger partial charge in [-0.2, -0.15) is 0 Å². The van der Waals surface area contributed by atoms with E-state index in [1.54, 1.807) is 6.92 Å². The van der Waals surface area contributed by atoms with Crippen LogP contribution < -0.4 is 0 Å². The Kier molecular flexibility index (Phi) is 4.42. The van der Waals surface area contributed by atoms with E-state index in [0.29, 0.717) is 0 Å². The van der Waals surface area contributed by atoms with Crippen molar-refractivity contribution in [1.82, 2.24) is 0 Å². The van der Waals surface area contributed by atoms with Crippen LogP contribution in [0.1, 0.15) is 12.5 Å². The molecule has 0 fully saturated rings. The van der Waals surface area contributed by atoms with E-state index in [-0.39, 0.29) is 16.6 Å². The van der Waals surface area contributed by atoms with Gasteiger partial charge in [0.25, 0.3) is 0 Å². The number of halogens is 2. The van der Waals surface area contributed by atoms with Crippen LogP contribution in [0.3, 0.4) is 0 Å². The van der Waals surface area contributed by atoms with E-state index in [9.17, 15) is 9.18 Å². The molecule has 6 heteroatoms. The Bertz CT molecular complexity index is 434. The fraction of sp³-hybridized carbons (Fsp3) is 0.200. The average Bonchev–Trinajstić information content (AvgIpc) is 2.25. The number of ether oxygens (including phenoxy) is 1. The maximum Gasteiger partial charge on any atom is 0.361 e. The van der Waals surface area contributed by atoms with Crippen LogP contribution in [0.2, 0.25) is 0 Å². The lowest BCUT2D eigenvalue weighted by atomic mass is 10.1. The van der Waals surface area contributed by atoms with Gasteiger partial charge in [-0.05, 0) is 35.0 Å². The van der Waals surface area contributed by atoms with Crippen molar-refractivity contribution in [2.75, 3.05) is 6.61 Å². The Morgan fingerprint density at radius 2 is 2.31 bits per heavy atom. The zero-order valence-electron chi connectivity index (χ0n) is 8.41. The van der Waals surface area contributed by atoms with Crippen molar-refractivity contribution in [3.63, 3.8) is 0 Å². The molecule has 0 aliphatic rings. The van der Waals surface area contributed by atoms with E-state index in [2.05, 4.69) is 25.8 Å². The van der Waals surface area contributed by atoms with Crippen LogP contribution in [-0.2, 0) is 9.53 Å². The molecule has 1 aromatic carbocycles. The van der Waals surface area contributed by atoms with E-state index in [0.717, 1.165) is 0 Å². The Hall–Kier alpha value is -1.43. The van der Waals surface area contributed by atoms with Gasteiger partial charge >= 0.3 is 5.97 Å². The lowest BCUT2D eigenvalue weighted by Crippen LogP contribution is -2.20. The Labute approximate surface area is 99.8 Å². The molecule has 1 rings (SSSR count). The van der Waals surface area contributed by atoms with Gasteiger partial charge in [-0.1, -0.05) is 11.2 Å². The molecule has 0 spiro atoms. The van der Waals surface area contributed by atoms with Crippen LogP contribution in [0.25, 0.3) is 0 Å². The number of hydrogen-bond donors (Lipinski definition) is 1. The molecule has 0 aromatic heterocycles. The molecular formula is C10H9BrFNO3. The van der Waals surface area contributed by atoms with Crippen molar-refractivity contribution >= 4 is 27.6 Å². The van der Waals surface area contributed by atoms with Gasteiger partial charge in [-0.25, -0.2) is 9.18 Å². The highest BCUT2D eigenvalue weighted by Crippen LogP contribution is 2.19. The third-order valence-electron chi connectivity index (χ3n) is 1.78. The highest BCUT2D eigenvalue weighted by molar-refractivity contribution is 9.10. The second-order valence-corrected chi connectivity index (χ2v) is 3.62. The number of oxime groups is 1. The molecule has 0 saturated carbocycles. The van der Waals surface area contributed by atoms with E-state index in [1.165, 1.54) is 18.2 Å². The van der Waals surface area contributed by atoms with E-state index < -0.39 is 17.5 Å². The molecule has 4 nitrogen and oxygen atoms in total. The Morgan fingerprint density at radius 3 is 2.88 bits per heavy atom. The number of carbonyl (C=O) groups excluding carboxylic acids is 1. The van der Waals surface area contributed by atoms with E-state index in [4.69, 9.17) is 5.21 Å². The summed E-state index contributed by atoms with van der Waals surface area (Å²) in [5.41, 5.74) is -0.573. The van der Waals surface area contributed by atoms with Crippen LogP contribution in [0, 0.1) is 5.82 Å². The number of carbonyl (C=O) groups is 1. The minimum Gasteiger partial charge on any atom is -0.461 e. The predicted octanol–water partition coefficient (Wildman–Crippen LogP) is 2.33. The largest absolute Gasteiger partial charge is 0.461 e. The van der Waals surface area contributed by atoms with Crippen molar-refractivity contribution in [2.24, 2.45) is 5.16 Å². The summed E-state index contributed by atoms with van der Waals surface area (Å²) in [5.74, 6) is -1.55. The number of nitrogens with zero attached hydrogens (tertiary/aromatic N) is 1. The summed E-state index contributed by atoms with van der Waals surface area (Å²) in [6, 6.07) is 4.32. The first-order valence-corrected chi connectivity index (χ1v) is 5.24. The minimum atomic E-state index is -0.873. The average molecular weight is 290 g/mol. The standard InChI is InChI=1S/C10H9BrFNO3/c1-2-16-10(14)9(13-15)6-4-3-5-7(11)8(6)12/h3-5,15H,2H2,1H3/b13-9-. The third-order valence-corrected chi connectivity index (χ3v) is 2.39. The van der Waals surface area contributed by atoms with Crippen molar-refractivity contribution in [2.45, 2.75) is 6.92 Å². The van der Waals surface area contributed by atoms with Crippen LogP contribution in [0.5, 0.6) is 0 Å². The van der Waals surface area contributed by atoms with Crippen LogP contribution in [0.4, 0.5) is 4.39 Å². The molecule has 16 heavy (non-hydrogen) atoms. The molecule has 0 amide bonds. The van der Waals surface area contributed by atoms with Crippen LogP contribution in [-0.4, -0.2) is 23.5 Å². The van der Waals surface area contributed by atoms with Gasteiger partial charge in [-0.15, -0.1) is 0 Å². The maximum absolute atomic E-state index is 13.6. The molecule has 86 valence electrons. The molecule has 0 bridgehead atoms. The van der Waals surface area contributed by atoms with Gasteiger partial charge in [-0.3, -0.25) is 0 Å². The second-order valence-electron chi connectivity index (χ2n) is 2.77. The summed E-state index contributed by atoms with van der Waals surface area (Å²) < 4.78 is 18.4. The third kappa shape index (κ3) is 2.57. The molecule has 0 heterocycles. The van der Waals surface area contributed by atoms with Crippen LogP contribution in [0.15, 0.2) is 27.8 Å².